The van der Waals surface area contributed by atoms with Gasteiger partial charge in [0.15, 0.2) is 0 Å². The lowest BCUT2D eigenvalue weighted by atomic mass is 10.0. The molecule has 1 atom stereocenters. The largest absolute Gasteiger partial charge is 0.496 e. The number of carbonyl (C=O) groups is 1. The highest BCUT2D eigenvalue weighted by Crippen LogP contribution is 2.32. The molecule has 0 fully saturated rings. The number of nitrogens with two attached hydrogens (primary N) is 1. The van der Waals surface area contributed by atoms with E-state index in [-0.39, 0.29) is 25.4 Å². The molecule has 2 aromatic rings. The Bertz CT molecular complexity index is 808. The summed E-state index contributed by atoms with van der Waals surface area (Å²) in [5.41, 5.74) is 6.42. The molecule has 0 saturated heterocycles. The molecule has 28 heavy (non-hydrogen) atoms. The molecule has 0 aromatic heterocycles. The van der Waals surface area contributed by atoms with Crippen molar-refractivity contribution in [3.8, 4) is 11.5 Å². The predicted octanol–water partition coefficient (Wildman–Crippen LogP) is 3.73. The van der Waals surface area contributed by atoms with Crippen molar-refractivity contribution < 1.29 is 32.2 Å². The zero-order chi connectivity index (χ0) is 20.7. The van der Waals surface area contributed by atoms with E-state index >= 15 is 0 Å². The van der Waals surface area contributed by atoms with Crippen LogP contribution in [-0.4, -0.2) is 25.7 Å². The minimum atomic E-state index is -4.44. The molecule has 152 valence electrons. The van der Waals surface area contributed by atoms with E-state index in [0.29, 0.717) is 11.3 Å². The molecular weight excluding hydrogens is 375 g/mol. The van der Waals surface area contributed by atoms with Gasteiger partial charge in [0.05, 0.1) is 19.3 Å². The zero-order valence-corrected chi connectivity index (χ0v) is 15.6. The third-order valence-electron chi connectivity index (χ3n) is 3.95. The Balaban J connectivity index is 2.13. The molecule has 0 spiro atoms. The van der Waals surface area contributed by atoms with Crippen LogP contribution in [0.1, 0.15) is 23.6 Å². The normalized spacial score (nSPS) is 12.4. The summed E-state index contributed by atoms with van der Waals surface area (Å²) in [5.74, 6) is 0.103. The SMILES string of the molecule is CCOC(=O)C(N)Cc1ccc(OC)c(COc2cccc(C(F)(F)F)c2)c1. The van der Waals surface area contributed by atoms with Gasteiger partial charge in [-0.1, -0.05) is 12.1 Å². The van der Waals surface area contributed by atoms with Crippen molar-refractivity contribution in [2.45, 2.75) is 32.2 Å². The lowest BCUT2D eigenvalue weighted by Gasteiger charge is -2.15. The Morgan fingerprint density at radius 2 is 1.93 bits per heavy atom. The predicted molar refractivity (Wildman–Crippen MR) is 97.1 cm³/mol. The van der Waals surface area contributed by atoms with Crippen molar-refractivity contribution in [2.24, 2.45) is 5.73 Å². The van der Waals surface area contributed by atoms with Crippen LogP contribution < -0.4 is 15.2 Å². The van der Waals surface area contributed by atoms with Gasteiger partial charge in [0.1, 0.15) is 24.1 Å². The van der Waals surface area contributed by atoms with Crippen molar-refractivity contribution in [3.05, 3.63) is 59.2 Å². The maximum absolute atomic E-state index is 12.8. The number of hydrogen-bond donors (Lipinski definition) is 1. The van der Waals surface area contributed by atoms with Gasteiger partial charge >= 0.3 is 12.1 Å². The first-order valence-electron chi connectivity index (χ1n) is 8.62. The highest BCUT2D eigenvalue weighted by atomic mass is 19.4. The second kappa shape index (κ2) is 9.45. The zero-order valence-electron chi connectivity index (χ0n) is 15.6. The lowest BCUT2D eigenvalue weighted by Crippen LogP contribution is -2.34. The quantitative estimate of drug-likeness (QED) is 0.688. The van der Waals surface area contributed by atoms with Crippen LogP contribution in [-0.2, 0) is 28.7 Å². The van der Waals surface area contributed by atoms with E-state index in [1.807, 2.05) is 0 Å². The molecule has 0 aliphatic carbocycles. The summed E-state index contributed by atoms with van der Waals surface area (Å²) in [6.45, 7) is 1.93. The number of ether oxygens (including phenoxy) is 3. The Hall–Kier alpha value is -2.74. The Labute approximate surface area is 161 Å². The highest BCUT2D eigenvalue weighted by Gasteiger charge is 2.30. The van der Waals surface area contributed by atoms with Gasteiger partial charge in [0.25, 0.3) is 0 Å². The van der Waals surface area contributed by atoms with E-state index in [0.717, 1.165) is 17.7 Å². The van der Waals surface area contributed by atoms with Crippen molar-refractivity contribution in [1.29, 1.82) is 0 Å². The summed E-state index contributed by atoms with van der Waals surface area (Å²) in [7, 11) is 1.48. The molecule has 0 amide bonds. The van der Waals surface area contributed by atoms with Gasteiger partial charge in [-0.2, -0.15) is 13.2 Å². The van der Waals surface area contributed by atoms with Gasteiger partial charge in [-0.15, -0.1) is 0 Å². The molecule has 2 aromatic carbocycles. The fraction of sp³-hybridized carbons (Fsp3) is 0.350. The second-order valence-corrected chi connectivity index (χ2v) is 6.02. The number of carbonyl (C=O) groups excluding carboxylic acids is 1. The van der Waals surface area contributed by atoms with Crippen LogP contribution in [0, 0.1) is 0 Å². The average molecular weight is 397 g/mol. The minimum absolute atomic E-state index is 0.00698. The standard InChI is InChI=1S/C20H22F3NO4/c1-3-27-19(25)17(24)10-13-7-8-18(26-2)14(9-13)12-28-16-6-4-5-15(11-16)20(21,22)23/h4-9,11,17H,3,10,12,24H2,1-2H3. The van der Waals surface area contributed by atoms with Crippen LogP contribution >= 0.6 is 0 Å². The van der Waals surface area contributed by atoms with E-state index < -0.39 is 23.8 Å². The number of benzene rings is 2. The van der Waals surface area contributed by atoms with Crippen molar-refractivity contribution in [1.82, 2.24) is 0 Å². The first-order valence-corrected chi connectivity index (χ1v) is 8.62. The Morgan fingerprint density at radius 1 is 1.18 bits per heavy atom. The topological polar surface area (TPSA) is 70.8 Å². The number of esters is 1. The number of hydrogen-bond acceptors (Lipinski definition) is 5. The Kier molecular flexibility index (Phi) is 7.28. The number of alkyl halides is 3. The fourth-order valence-corrected chi connectivity index (χ4v) is 2.58. The lowest BCUT2D eigenvalue weighted by molar-refractivity contribution is -0.144. The third kappa shape index (κ3) is 5.88. The van der Waals surface area contributed by atoms with Crippen molar-refractivity contribution >= 4 is 5.97 Å². The number of methoxy groups -OCH3 is 1. The Morgan fingerprint density at radius 3 is 2.57 bits per heavy atom. The number of rotatable bonds is 8. The molecule has 2 rings (SSSR count). The molecule has 2 N–H and O–H groups in total. The van der Waals surface area contributed by atoms with E-state index in [1.165, 1.54) is 19.2 Å². The maximum atomic E-state index is 12.8. The number of halogens is 3. The van der Waals surface area contributed by atoms with Crippen LogP contribution in [0.5, 0.6) is 11.5 Å². The van der Waals surface area contributed by atoms with Crippen LogP contribution in [0.15, 0.2) is 42.5 Å². The van der Waals surface area contributed by atoms with Crippen molar-refractivity contribution in [2.75, 3.05) is 13.7 Å². The second-order valence-electron chi connectivity index (χ2n) is 6.02. The van der Waals surface area contributed by atoms with Crippen LogP contribution in [0.2, 0.25) is 0 Å². The van der Waals surface area contributed by atoms with Gasteiger partial charge in [0.2, 0.25) is 0 Å². The molecule has 5 nitrogen and oxygen atoms in total. The first-order chi connectivity index (χ1) is 13.2. The summed E-state index contributed by atoms with van der Waals surface area (Å²) < 4.78 is 54.1. The molecule has 8 heteroatoms. The van der Waals surface area contributed by atoms with Gasteiger partial charge < -0.3 is 19.9 Å². The summed E-state index contributed by atoms with van der Waals surface area (Å²) in [6, 6.07) is 9.02. The molecule has 0 radical (unpaired) electrons. The summed E-state index contributed by atoms with van der Waals surface area (Å²) in [6.07, 6.45) is -4.19. The maximum Gasteiger partial charge on any atom is 0.416 e. The smallest absolute Gasteiger partial charge is 0.416 e. The molecular formula is C20H22F3NO4. The van der Waals surface area contributed by atoms with Crippen molar-refractivity contribution in [3.63, 3.8) is 0 Å². The fourth-order valence-electron chi connectivity index (χ4n) is 2.58. The average Bonchev–Trinajstić information content (AvgIpc) is 2.66. The van der Waals surface area contributed by atoms with E-state index in [4.69, 9.17) is 19.9 Å². The summed E-state index contributed by atoms with van der Waals surface area (Å²) >= 11 is 0. The van der Waals surface area contributed by atoms with Crippen LogP contribution in [0.4, 0.5) is 13.2 Å². The first kappa shape index (κ1) is 21.6. The molecule has 0 saturated carbocycles. The van der Waals surface area contributed by atoms with E-state index in [1.54, 1.807) is 25.1 Å². The molecule has 0 heterocycles. The molecule has 0 aliphatic rings. The van der Waals surface area contributed by atoms with Gasteiger partial charge in [-0.3, -0.25) is 4.79 Å². The third-order valence-corrected chi connectivity index (χ3v) is 3.95. The molecule has 0 aliphatic heterocycles. The van der Waals surface area contributed by atoms with Crippen LogP contribution in [0.25, 0.3) is 0 Å². The monoisotopic (exact) mass is 397 g/mol. The highest BCUT2D eigenvalue weighted by molar-refractivity contribution is 5.75. The van der Waals surface area contributed by atoms with E-state index in [9.17, 15) is 18.0 Å². The summed E-state index contributed by atoms with van der Waals surface area (Å²) in [4.78, 5) is 11.7. The molecule has 0 bridgehead atoms. The van der Waals surface area contributed by atoms with Gasteiger partial charge in [-0.25, -0.2) is 0 Å². The molecule has 1 unspecified atom stereocenters. The van der Waals surface area contributed by atoms with Gasteiger partial charge in [0, 0.05) is 5.56 Å². The van der Waals surface area contributed by atoms with Gasteiger partial charge in [-0.05, 0) is 49.2 Å². The van der Waals surface area contributed by atoms with Crippen LogP contribution in [0.3, 0.4) is 0 Å². The minimum Gasteiger partial charge on any atom is -0.496 e. The van der Waals surface area contributed by atoms with E-state index in [2.05, 4.69) is 0 Å². The summed E-state index contributed by atoms with van der Waals surface area (Å²) in [5, 5.41) is 0.